The van der Waals surface area contributed by atoms with E-state index in [2.05, 4.69) is 16.2 Å². The molecule has 1 aromatic rings. The summed E-state index contributed by atoms with van der Waals surface area (Å²) in [7, 11) is 0. The first-order valence-electron chi connectivity index (χ1n) is 7.18. The van der Waals surface area contributed by atoms with Crippen LogP contribution in [0.3, 0.4) is 0 Å². The number of hydrogen-bond donors (Lipinski definition) is 4. The molecule has 0 saturated carbocycles. The summed E-state index contributed by atoms with van der Waals surface area (Å²) in [5.41, 5.74) is 6.84. The maximum Gasteiger partial charge on any atom is 0.326 e. The van der Waals surface area contributed by atoms with E-state index in [1.165, 1.54) is 0 Å². The van der Waals surface area contributed by atoms with Gasteiger partial charge in [0.2, 0.25) is 5.91 Å². The SMILES string of the molecule is CC(C)[C@H](NC(=O)C1CC(c2ccccc2Cl)NN1)C(=O)O. The van der Waals surface area contributed by atoms with E-state index in [-0.39, 0.29) is 17.9 Å². The topological polar surface area (TPSA) is 90.5 Å². The minimum Gasteiger partial charge on any atom is -0.480 e. The molecule has 3 atom stereocenters. The molecule has 0 spiro atoms. The molecule has 22 heavy (non-hydrogen) atoms. The first-order chi connectivity index (χ1) is 10.4. The maximum atomic E-state index is 12.2. The zero-order chi connectivity index (χ0) is 16.3. The molecule has 1 saturated heterocycles. The number of rotatable bonds is 5. The average molecular weight is 326 g/mol. The Hall–Kier alpha value is -1.63. The van der Waals surface area contributed by atoms with Crippen molar-refractivity contribution in [1.82, 2.24) is 16.2 Å². The molecule has 7 heteroatoms. The average Bonchev–Trinajstić information content (AvgIpc) is 2.94. The summed E-state index contributed by atoms with van der Waals surface area (Å²) in [5.74, 6) is -1.55. The number of halogens is 1. The second kappa shape index (κ2) is 7.09. The summed E-state index contributed by atoms with van der Waals surface area (Å²) < 4.78 is 0. The third kappa shape index (κ3) is 3.76. The fraction of sp³-hybridized carbons (Fsp3) is 0.467. The van der Waals surface area contributed by atoms with Crippen LogP contribution >= 0.6 is 11.6 Å². The van der Waals surface area contributed by atoms with Crippen LogP contribution in [0.2, 0.25) is 5.02 Å². The van der Waals surface area contributed by atoms with Gasteiger partial charge < -0.3 is 10.4 Å². The second-order valence-electron chi connectivity index (χ2n) is 5.72. The molecule has 1 heterocycles. The van der Waals surface area contributed by atoms with Crippen LogP contribution in [-0.2, 0) is 9.59 Å². The quantitative estimate of drug-likeness (QED) is 0.658. The minimum atomic E-state index is -1.03. The Morgan fingerprint density at radius 3 is 2.59 bits per heavy atom. The fourth-order valence-corrected chi connectivity index (χ4v) is 2.72. The summed E-state index contributed by atoms with van der Waals surface area (Å²) in [6.07, 6.45) is 0.500. The van der Waals surface area contributed by atoms with Gasteiger partial charge in [-0.3, -0.25) is 4.79 Å². The number of carbonyl (C=O) groups is 2. The van der Waals surface area contributed by atoms with Crippen LogP contribution in [-0.4, -0.2) is 29.1 Å². The lowest BCUT2D eigenvalue weighted by Crippen LogP contribution is -2.51. The van der Waals surface area contributed by atoms with Crippen molar-refractivity contribution in [2.24, 2.45) is 5.92 Å². The second-order valence-corrected chi connectivity index (χ2v) is 6.13. The standard InChI is InChI=1S/C15H20ClN3O3/c1-8(2)13(15(21)22)17-14(20)12-7-11(18-19-12)9-5-3-4-6-10(9)16/h3-6,8,11-13,18-19H,7H2,1-2H3,(H,17,20)(H,21,22)/t11?,12?,13-/m0/s1. The highest BCUT2D eigenvalue weighted by Gasteiger charge is 2.33. The van der Waals surface area contributed by atoms with Gasteiger partial charge in [-0.2, -0.15) is 0 Å². The van der Waals surface area contributed by atoms with E-state index in [4.69, 9.17) is 16.7 Å². The van der Waals surface area contributed by atoms with E-state index in [0.717, 1.165) is 5.56 Å². The van der Waals surface area contributed by atoms with Crippen LogP contribution in [0.25, 0.3) is 0 Å². The van der Waals surface area contributed by atoms with Crippen LogP contribution < -0.4 is 16.2 Å². The number of nitrogens with one attached hydrogen (secondary N) is 3. The van der Waals surface area contributed by atoms with Crippen LogP contribution in [0.5, 0.6) is 0 Å². The molecule has 0 bridgehead atoms. The number of benzene rings is 1. The molecule has 1 aliphatic rings. The number of carboxylic acid groups (broad SMARTS) is 1. The predicted octanol–water partition coefficient (Wildman–Crippen LogP) is 1.47. The van der Waals surface area contributed by atoms with E-state index in [1.54, 1.807) is 19.9 Å². The van der Waals surface area contributed by atoms with Gasteiger partial charge in [-0.15, -0.1) is 0 Å². The number of hydrogen-bond acceptors (Lipinski definition) is 4. The molecule has 1 amide bonds. The fourth-order valence-electron chi connectivity index (χ4n) is 2.46. The van der Waals surface area contributed by atoms with Gasteiger partial charge in [-0.25, -0.2) is 15.6 Å². The molecule has 0 aromatic heterocycles. The van der Waals surface area contributed by atoms with Crippen molar-refractivity contribution in [2.75, 3.05) is 0 Å². The highest BCUT2D eigenvalue weighted by molar-refractivity contribution is 6.31. The minimum absolute atomic E-state index is 0.0909. The molecule has 2 rings (SSSR count). The Balaban J connectivity index is 1.99. The summed E-state index contributed by atoms with van der Waals surface area (Å²) in [4.78, 5) is 23.4. The molecular formula is C15H20ClN3O3. The zero-order valence-electron chi connectivity index (χ0n) is 12.5. The zero-order valence-corrected chi connectivity index (χ0v) is 13.2. The smallest absolute Gasteiger partial charge is 0.326 e. The molecule has 0 aliphatic carbocycles. The number of carbonyl (C=O) groups excluding carboxylic acids is 1. The van der Waals surface area contributed by atoms with Crippen molar-refractivity contribution < 1.29 is 14.7 Å². The Labute approximate surface area is 134 Å². The summed E-state index contributed by atoms with van der Waals surface area (Å²) in [6.45, 7) is 3.51. The van der Waals surface area contributed by atoms with Crippen molar-refractivity contribution in [3.8, 4) is 0 Å². The molecule has 1 aliphatic heterocycles. The Morgan fingerprint density at radius 1 is 1.32 bits per heavy atom. The molecule has 1 fully saturated rings. The maximum absolute atomic E-state index is 12.2. The lowest BCUT2D eigenvalue weighted by molar-refractivity contribution is -0.143. The van der Waals surface area contributed by atoms with Gasteiger partial charge in [0.15, 0.2) is 0 Å². The normalized spacial score (nSPS) is 22.5. The van der Waals surface area contributed by atoms with Crippen molar-refractivity contribution in [3.05, 3.63) is 34.9 Å². The Bertz CT molecular complexity index is 565. The highest BCUT2D eigenvalue weighted by Crippen LogP contribution is 2.28. The van der Waals surface area contributed by atoms with Crippen molar-refractivity contribution in [1.29, 1.82) is 0 Å². The van der Waals surface area contributed by atoms with Gasteiger partial charge in [0, 0.05) is 11.1 Å². The van der Waals surface area contributed by atoms with Gasteiger partial charge in [-0.1, -0.05) is 43.6 Å². The number of aliphatic carboxylic acids is 1. The third-order valence-corrected chi connectivity index (χ3v) is 4.08. The van der Waals surface area contributed by atoms with Gasteiger partial charge in [0.25, 0.3) is 0 Å². The first-order valence-corrected chi connectivity index (χ1v) is 7.56. The van der Waals surface area contributed by atoms with E-state index in [1.807, 2.05) is 18.2 Å². The monoisotopic (exact) mass is 325 g/mol. The molecule has 4 N–H and O–H groups in total. The largest absolute Gasteiger partial charge is 0.480 e. The summed E-state index contributed by atoms with van der Waals surface area (Å²) >= 11 is 6.15. The predicted molar refractivity (Wildman–Crippen MR) is 83.3 cm³/mol. The van der Waals surface area contributed by atoms with Gasteiger partial charge >= 0.3 is 5.97 Å². The lowest BCUT2D eigenvalue weighted by atomic mass is 10.0. The van der Waals surface area contributed by atoms with Crippen molar-refractivity contribution in [3.63, 3.8) is 0 Å². The van der Waals surface area contributed by atoms with Gasteiger partial charge in [0.1, 0.15) is 12.1 Å². The number of hydrazine groups is 1. The number of amides is 1. The van der Waals surface area contributed by atoms with Crippen molar-refractivity contribution >= 4 is 23.5 Å². The Kier molecular flexibility index (Phi) is 5.39. The first kappa shape index (κ1) is 16.7. The van der Waals surface area contributed by atoms with Gasteiger partial charge in [0.05, 0.1) is 0 Å². The molecule has 0 radical (unpaired) electrons. The van der Waals surface area contributed by atoms with Crippen LogP contribution in [0.4, 0.5) is 0 Å². The van der Waals surface area contributed by atoms with Crippen LogP contribution in [0, 0.1) is 5.92 Å². The van der Waals surface area contributed by atoms with E-state index < -0.39 is 18.1 Å². The van der Waals surface area contributed by atoms with Crippen molar-refractivity contribution in [2.45, 2.75) is 38.4 Å². The van der Waals surface area contributed by atoms with E-state index in [0.29, 0.717) is 11.4 Å². The lowest BCUT2D eigenvalue weighted by Gasteiger charge is -2.20. The van der Waals surface area contributed by atoms with Gasteiger partial charge in [-0.05, 0) is 24.0 Å². The van der Waals surface area contributed by atoms with E-state index >= 15 is 0 Å². The molecular weight excluding hydrogens is 306 g/mol. The highest BCUT2D eigenvalue weighted by atomic mass is 35.5. The summed E-state index contributed by atoms with van der Waals surface area (Å²) in [6, 6.07) is 5.94. The Morgan fingerprint density at radius 2 is 2.00 bits per heavy atom. The molecule has 120 valence electrons. The molecule has 2 unspecified atom stereocenters. The van der Waals surface area contributed by atoms with E-state index in [9.17, 15) is 9.59 Å². The number of carboxylic acids is 1. The molecule has 1 aromatic carbocycles. The summed E-state index contributed by atoms with van der Waals surface area (Å²) in [5, 5.41) is 12.3. The molecule has 6 nitrogen and oxygen atoms in total. The van der Waals surface area contributed by atoms with Crippen LogP contribution in [0.1, 0.15) is 31.9 Å². The van der Waals surface area contributed by atoms with Crippen LogP contribution in [0.15, 0.2) is 24.3 Å². The third-order valence-electron chi connectivity index (χ3n) is 3.73.